The van der Waals surface area contributed by atoms with Crippen molar-refractivity contribution in [1.29, 1.82) is 0 Å². The zero-order valence-electron chi connectivity index (χ0n) is 16.6. The fourth-order valence-corrected chi connectivity index (χ4v) is 2.86. The third kappa shape index (κ3) is 6.63. The van der Waals surface area contributed by atoms with Gasteiger partial charge in [-0.2, -0.15) is 0 Å². The molecule has 0 spiro atoms. The van der Waals surface area contributed by atoms with Crippen LogP contribution in [0.25, 0.3) is 0 Å². The topological polar surface area (TPSA) is 71.1 Å². The third-order valence-electron chi connectivity index (χ3n) is 4.66. The minimum atomic E-state index is -0.536. The van der Waals surface area contributed by atoms with E-state index in [4.69, 9.17) is 18.9 Å². The van der Waals surface area contributed by atoms with E-state index < -0.39 is 30.4 Å². The minimum absolute atomic E-state index is 0.393. The van der Waals surface area contributed by atoms with Gasteiger partial charge in [0.2, 0.25) is 0 Å². The van der Waals surface area contributed by atoms with Crippen LogP contribution in [0.3, 0.4) is 0 Å². The van der Waals surface area contributed by atoms with Gasteiger partial charge in [0, 0.05) is 18.4 Å². The number of rotatable bonds is 8. The van der Waals surface area contributed by atoms with E-state index in [9.17, 15) is 9.59 Å². The number of carbonyl (C=O) groups is 2. The number of ether oxygens (including phenoxy) is 4. The maximum Gasteiger partial charge on any atom is 0.338 e. The molecule has 1 fully saturated rings. The predicted molar refractivity (Wildman–Crippen MR) is 100 cm³/mol. The molecule has 1 aliphatic heterocycles. The second-order valence-electron chi connectivity index (χ2n) is 7.05. The zero-order valence-corrected chi connectivity index (χ0v) is 16.6. The predicted octanol–water partition coefficient (Wildman–Crippen LogP) is 4.04. The first kappa shape index (κ1) is 21.4. The smallest absolute Gasteiger partial charge is 0.338 e. The van der Waals surface area contributed by atoms with E-state index in [0.717, 1.165) is 12.0 Å². The van der Waals surface area contributed by atoms with E-state index in [0.29, 0.717) is 24.7 Å². The van der Waals surface area contributed by atoms with Crippen LogP contribution in [0.4, 0.5) is 0 Å². The fourth-order valence-electron chi connectivity index (χ4n) is 2.86. The number of carbonyl (C=O) groups excluding carboxylic acids is 2. The van der Waals surface area contributed by atoms with E-state index in [2.05, 4.69) is 6.92 Å². The van der Waals surface area contributed by atoms with Crippen LogP contribution >= 0.6 is 0 Å². The standard InChI is InChI=1S/C21H30O6/c1-5-6-7-17-12-24-21(25-13-17)19-10-8-18(9-11-19)20(23)27-15(3)14(2)26-16(4)22/h8-11,14-15,17,21H,5-7,12-13H2,1-4H3. The molecule has 2 rings (SSSR count). The molecule has 1 aliphatic rings. The van der Waals surface area contributed by atoms with Gasteiger partial charge < -0.3 is 18.9 Å². The highest BCUT2D eigenvalue weighted by molar-refractivity contribution is 5.89. The van der Waals surface area contributed by atoms with Crippen LogP contribution < -0.4 is 0 Å². The molecule has 1 aromatic carbocycles. The summed E-state index contributed by atoms with van der Waals surface area (Å²) in [5, 5.41) is 0. The molecule has 1 heterocycles. The average molecular weight is 378 g/mol. The van der Waals surface area contributed by atoms with Crippen molar-refractivity contribution in [3.8, 4) is 0 Å². The highest BCUT2D eigenvalue weighted by Crippen LogP contribution is 2.27. The molecule has 0 radical (unpaired) electrons. The van der Waals surface area contributed by atoms with Crippen molar-refractivity contribution < 1.29 is 28.5 Å². The molecule has 2 atom stereocenters. The second-order valence-corrected chi connectivity index (χ2v) is 7.05. The van der Waals surface area contributed by atoms with Crippen LogP contribution in [-0.2, 0) is 23.7 Å². The molecule has 1 aromatic rings. The Kier molecular flexibility index (Phi) is 8.25. The van der Waals surface area contributed by atoms with Crippen molar-refractivity contribution in [2.24, 2.45) is 5.92 Å². The van der Waals surface area contributed by atoms with Crippen molar-refractivity contribution in [3.63, 3.8) is 0 Å². The van der Waals surface area contributed by atoms with Gasteiger partial charge in [0.1, 0.15) is 12.2 Å². The highest BCUT2D eigenvalue weighted by Gasteiger charge is 2.24. The van der Waals surface area contributed by atoms with Crippen LogP contribution in [-0.4, -0.2) is 37.4 Å². The van der Waals surface area contributed by atoms with Gasteiger partial charge in [-0.05, 0) is 32.4 Å². The lowest BCUT2D eigenvalue weighted by atomic mass is 10.0. The van der Waals surface area contributed by atoms with Crippen LogP contribution in [0.5, 0.6) is 0 Å². The summed E-state index contributed by atoms with van der Waals surface area (Å²) >= 11 is 0. The summed E-state index contributed by atoms with van der Waals surface area (Å²) in [7, 11) is 0. The molecule has 0 N–H and O–H groups in total. The summed E-state index contributed by atoms with van der Waals surface area (Å²) < 4.78 is 22.0. The molecule has 6 heteroatoms. The molecule has 0 bridgehead atoms. The minimum Gasteiger partial charge on any atom is -0.459 e. The Labute approximate surface area is 161 Å². The number of hydrogen-bond donors (Lipinski definition) is 0. The fraction of sp³-hybridized carbons (Fsp3) is 0.619. The third-order valence-corrected chi connectivity index (χ3v) is 4.66. The Morgan fingerprint density at radius 3 is 2.22 bits per heavy atom. The SMILES string of the molecule is CCCCC1COC(c2ccc(C(=O)OC(C)C(C)OC(C)=O)cc2)OC1. The first-order valence-electron chi connectivity index (χ1n) is 9.62. The second kappa shape index (κ2) is 10.4. The van der Waals surface area contributed by atoms with Gasteiger partial charge in [-0.3, -0.25) is 4.79 Å². The van der Waals surface area contributed by atoms with Gasteiger partial charge in [-0.15, -0.1) is 0 Å². The van der Waals surface area contributed by atoms with Gasteiger partial charge in [-0.25, -0.2) is 4.79 Å². The Morgan fingerprint density at radius 1 is 1.07 bits per heavy atom. The lowest BCUT2D eigenvalue weighted by molar-refractivity contribution is -0.206. The van der Waals surface area contributed by atoms with E-state index in [1.165, 1.54) is 19.8 Å². The quantitative estimate of drug-likeness (QED) is 0.636. The largest absolute Gasteiger partial charge is 0.459 e. The first-order valence-corrected chi connectivity index (χ1v) is 9.62. The molecule has 1 saturated heterocycles. The van der Waals surface area contributed by atoms with Crippen LogP contribution in [0, 0.1) is 5.92 Å². The number of unbranched alkanes of at least 4 members (excludes halogenated alkanes) is 1. The van der Waals surface area contributed by atoms with Gasteiger partial charge in [0.25, 0.3) is 0 Å². The molecule has 150 valence electrons. The lowest BCUT2D eigenvalue weighted by Gasteiger charge is -2.29. The summed E-state index contributed by atoms with van der Waals surface area (Å²) in [4.78, 5) is 23.2. The summed E-state index contributed by atoms with van der Waals surface area (Å²) in [6.45, 7) is 8.27. The Balaban J connectivity index is 1.86. The number of hydrogen-bond acceptors (Lipinski definition) is 6. The van der Waals surface area contributed by atoms with Crippen LogP contribution in [0.1, 0.15) is 69.2 Å². The van der Waals surface area contributed by atoms with E-state index in [1.54, 1.807) is 26.0 Å². The highest BCUT2D eigenvalue weighted by atomic mass is 16.7. The van der Waals surface area contributed by atoms with Crippen molar-refractivity contribution in [3.05, 3.63) is 35.4 Å². The van der Waals surface area contributed by atoms with Crippen molar-refractivity contribution in [1.82, 2.24) is 0 Å². The van der Waals surface area contributed by atoms with Gasteiger partial charge in [0.05, 0.1) is 18.8 Å². The normalized spacial score (nSPS) is 21.9. The van der Waals surface area contributed by atoms with Gasteiger partial charge in [0.15, 0.2) is 6.29 Å². The summed E-state index contributed by atoms with van der Waals surface area (Å²) in [6.07, 6.45) is 2.05. The average Bonchev–Trinajstić information content (AvgIpc) is 2.66. The maximum absolute atomic E-state index is 12.3. The molecule has 0 saturated carbocycles. The van der Waals surface area contributed by atoms with Crippen LogP contribution in [0.2, 0.25) is 0 Å². The molecule has 6 nitrogen and oxygen atoms in total. The van der Waals surface area contributed by atoms with Crippen molar-refractivity contribution in [2.45, 2.75) is 65.5 Å². The summed E-state index contributed by atoms with van der Waals surface area (Å²) in [6, 6.07) is 7.01. The molecule has 0 aromatic heterocycles. The molecule has 0 amide bonds. The maximum atomic E-state index is 12.3. The summed E-state index contributed by atoms with van der Waals surface area (Å²) in [5.41, 5.74) is 1.30. The number of esters is 2. The Hall–Kier alpha value is -1.92. The zero-order chi connectivity index (χ0) is 19.8. The lowest BCUT2D eigenvalue weighted by Crippen LogP contribution is -2.30. The Morgan fingerprint density at radius 2 is 1.67 bits per heavy atom. The molecule has 2 unspecified atom stereocenters. The van der Waals surface area contributed by atoms with Crippen LogP contribution in [0.15, 0.2) is 24.3 Å². The molecular weight excluding hydrogens is 348 g/mol. The van der Waals surface area contributed by atoms with E-state index in [-0.39, 0.29) is 0 Å². The molecule has 27 heavy (non-hydrogen) atoms. The summed E-state index contributed by atoms with van der Waals surface area (Å²) in [5.74, 6) is -0.409. The first-order chi connectivity index (χ1) is 12.9. The van der Waals surface area contributed by atoms with E-state index in [1.807, 2.05) is 12.1 Å². The van der Waals surface area contributed by atoms with Crippen molar-refractivity contribution in [2.75, 3.05) is 13.2 Å². The van der Waals surface area contributed by atoms with Crippen molar-refractivity contribution >= 4 is 11.9 Å². The van der Waals surface area contributed by atoms with Gasteiger partial charge >= 0.3 is 11.9 Å². The van der Waals surface area contributed by atoms with E-state index >= 15 is 0 Å². The number of benzene rings is 1. The molecular formula is C21H30O6. The monoisotopic (exact) mass is 378 g/mol. The van der Waals surface area contributed by atoms with Gasteiger partial charge in [-0.1, -0.05) is 31.9 Å². The Bertz CT molecular complexity index is 604. The molecule has 0 aliphatic carbocycles.